The van der Waals surface area contributed by atoms with Gasteiger partial charge in [-0.15, -0.1) is 0 Å². The highest BCUT2D eigenvalue weighted by atomic mass is 127. The second-order valence-electron chi connectivity index (χ2n) is 12.8. The van der Waals surface area contributed by atoms with E-state index in [1.165, 1.54) is 57.2 Å². The SMILES string of the molecule is CN1/C(=C/C=C2\CCC/C(=C\C=C3\N(C)c4ccccc4C3(C)C)C2=[N+]2CCNCC2)C(C)(C)c2ccccc21.[I-]. The summed E-state index contributed by atoms with van der Waals surface area (Å²) in [6, 6.07) is 17.7. The molecule has 2 aromatic rings. The highest BCUT2D eigenvalue weighted by molar-refractivity contribution is 6.10. The maximum Gasteiger partial charge on any atom is 0.206 e. The van der Waals surface area contributed by atoms with E-state index in [-0.39, 0.29) is 34.8 Å². The Kier molecular flexibility index (Phi) is 8.41. The highest BCUT2D eigenvalue weighted by Gasteiger charge is 2.39. The average molecular weight is 661 g/mol. The lowest BCUT2D eigenvalue weighted by Gasteiger charge is -2.25. The molecule has 1 aliphatic carbocycles. The van der Waals surface area contributed by atoms with E-state index in [1.54, 1.807) is 0 Å². The number of para-hydroxylation sites is 2. The maximum absolute atomic E-state index is 3.56. The molecule has 216 valence electrons. The lowest BCUT2D eigenvalue weighted by Crippen LogP contribution is -3.00. The van der Waals surface area contributed by atoms with Crippen LogP contribution in [0, 0.1) is 0 Å². The molecule has 1 saturated carbocycles. The standard InChI is InChI=1S/C36H45N4.HI/c1-35(2)28-14-7-9-16-30(28)38(5)32(35)20-18-26-12-11-13-27(34(26)40-24-22-37-23-25-40)19-21-33-36(3,4)29-15-8-10-17-31(29)39(33)6;/h7-10,14-21,37H,11-13,22-25H2,1-6H3;1H/q+1;/p-1. The van der Waals surface area contributed by atoms with Crippen LogP contribution in [0.25, 0.3) is 0 Å². The first-order valence-electron chi connectivity index (χ1n) is 15.0. The maximum atomic E-state index is 3.56. The van der Waals surface area contributed by atoms with Gasteiger partial charge in [0.25, 0.3) is 0 Å². The number of hydrogen-bond donors (Lipinski definition) is 1. The van der Waals surface area contributed by atoms with Crippen LogP contribution >= 0.6 is 0 Å². The molecule has 0 aromatic heterocycles. The minimum Gasteiger partial charge on any atom is -1.00 e. The summed E-state index contributed by atoms with van der Waals surface area (Å²) in [5, 5.41) is 3.56. The van der Waals surface area contributed by atoms with Crippen LogP contribution in [0.5, 0.6) is 0 Å². The lowest BCUT2D eigenvalue weighted by atomic mass is 9.82. The normalized spacial score (nSPS) is 25.2. The lowest BCUT2D eigenvalue weighted by molar-refractivity contribution is -0.531. The summed E-state index contributed by atoms with van der Waals surface area (Å²) in [6.45, 7) is 13.6. The Bertz CT molecular complexity index is 1380. The third kappa shape index (κ3) is 5.14. The fourth-order valence-corrected chi connectivity index (χ4v) is 7.49. The molecule has 1 N–H and O–H groups in total. The number of hydrogen-bond acceptors (Lipinski definition) is 3. The van der Waals surface area contributed by atoms with Gasteiger partial charge in [-0.25, -0.2) is 4.58 Å². The van der Waals surface area contributed by atoms with Gasteiger partial charge in [0, 0.05) is 58.8 Å². The van der Waals surface area contributed by atoms with E-state index < -0.39 is 0 Å². The summed E-state index contributed by atoms with van der Waals surface area (Å²) in [5.74, 6) is 0. The zero-order valence-corrected chi connectivity index (χ0v) is 27.8. The molecule has 0 atom stereocenters. The summed E-state index contributed by atoms with van der Waals surface area (Å²) in [7, 11) is 4.43. The van der Waals surface area contributed by atoms with Gasteiger partial charge < -0.3 is 39.1 Å². The Morgan fingerprint density at radius 3 is 1.56 bits per heavy atom. The molecule has 0 radical (unpaired) electrons. The van der Waals surface area contributed by atoms with E-state index in [0.717, 1.165) is 39.0 Å². The molecule has 2 aromatic carbocycles. The third-order valence-electron chi connectivity index (χ3n) is 9.70. The molecule has 1 saturated heterocycles. The van der Waals surface area contributed by atoms with Gasteiger partial charge in [-0.05, 0) is 54.7 Å². The van der Waals surface area contributed by atoms with Crippen LogP contribution in [0.1, 0.15) is 58.1 Å². The summed E-state index contributed by atoms with van der Waals surface area (Å²) in [6.07, 6.45) is 13.2. The number of anilines is 2. The Balaban J connectivity index is 0.00000337. The number of nitrogens with zero attached hydrogens (tertiary/aromatic N) is 3. The number of likely N-dealkylation sites (N-methyl/N-ethyl adjacent to an activating group) is 2. The fourth-order valence-electron chi connectivity index (χ4n) is 7.49. The molecular weight excluding hydrogens is 615 g/mol. The summed E-state index contributed by atoms with van der Waals surface area (Å²) in [4.78, 5) is 4.77. The molecule has 0 bridgehead atoms. The van der Waals surface area contributed by atoms with Crippen LogP contribution in [0.15, 0.2) is 95.4 Å². The van der Waals surface area contributed by atoms with Crippen molar-refractivity contribution in [2.24, 2.45) is 0 Å². The van der Waals surface area contributed by atoms with E-state index in [4.69, 9.17) is 0 Å². The second-order valence-corrected chi connectivity index (χ2v) is 12.8. The van der Waals surface area contributed by atoms with Gasteiger partial charge in [0.1, 0.15) is 0 Å². The van der Waals surface area contributed by atoms with Crippen LogP contribution < -0.4 is 39.1 Å². The van der Waals surface area contributed by atoms with Crippen LogP contribution in [0.4, 0.5) is 11.4 Å². The van der Waals surface area contributed by atoms with Gasteiger partial charge in [0.05, 0.1) is 13.1 Å². The van der Waals surface area contributed by atoms with Crippen LogP contribution in [-0.4, -0.2) is 50.6 Å². The number of allylic oxidation sites excluding steroid dienone is 8. The second kappa shape index (κ2) is 11.6. The quantitative estimate of drug-likeness (QED) is 0.393. The van der Waals surface area contributed by atoms with Crippen LogP contribution in [-0.2, 0) is 10.8 Å². The first kappa shape index (κ1) is 29.8. The molecule has 3 aliphatic heterocycles. The predicted octanol–water partition coefficient (Wildman–Crippen LogP) is 3.71. The zero-order valence-electron chi connectivity index (χ0n) is 25.6. The van der Waals surface area contributed by atoms with Crippen LogP contribution in [0.2, 0.25) is 0 Å². The van der Waals surface area contributed by atoms with Gasteiger partial charge >= 0.3 is 0 Å². The molecule has 0 unspecified atom stereocenters. The fraction of sp³-hybridized carbons (Fsp3) is 0.417. The van der Waals surface area contributed by atoms with Gasteiger partial charge in [0.2, 0.25) is 5.71 Å². The van der Waals surface area contributed by atoms with Crippen molar-refractivity contribution in [1.29, 1.82) is 0 Å². The predicted molar refractivity (Wildman–Crippen MR) is 170 cm³/mol. The average Bonchev–Trinajstić information content (AvgIpc) is 3.28. The summed E-state index contributed by atoms with van der Waals surface area (Å²) in [5.41, 5.74) is 12.6. The van der Waals surface area contributed by atoms with Crippen molar-refractivity contribution in [1.82, 2.24) is 5.32 Å². The third-order valence-corrected chi connectivity index (χ3v) is 9.70. The molecule has 2 fully saturated rings. The number of rotatable bonds is 2. The van der Waals surface area contributed by atoms with Gasteiger partial charge in [-0.3, -0.25) is 0 Å². The van der Waals surface area contributed by atoms with Crippen molar-refractivity contribution in [3.8, 4) is 0 Å². The topological polar surface area (TPSA) is 21.5 Å². The van der Waals surface area contributed by atoms with Gasteiger partial charge in [0.15, 0.2) is 13.1 Å². The number of piperazine rings is 1. The Hall–Kier alpha value is -2.64. The molecule has 6 rings (SSSR count). The van der Waals surface area contributed by atoms with E-state index in [9.17, 15) is 0 Å². The highest BCUT2D eigenvalue weighted by Crippen LogP contribution is 2.48. The largest absolute Gasteiger partial charge is 1.00 e. The Morgan fingerprint density at radius 2 is 1.12 bits per heavy atom. The van der Waals surface area contributed by atoms with E-state index in [0.29, 0.717) is 0 Å². The van der Waals surface area contributed by atoms with E-state index in [2.05, 4.69) is 134 Å². The molecule has 4 aliphatic rings. The Labute approximate surface area is 264 Å². The number of benzene rings is 2. The molecule has 0 amide bonds. The molecule has 5 heteroatoms. The van der Waals surface area contributed by atoms with Crippen molar-refractivity contribution >= 4 is 17.1 Å². The van der Waals surface area contributed by atoms with Crippen molar-refractivity contribution in [3.63, 3.8) is 0 Å². The first-order valence-corrected chi connectivity index (χ1v) is 15.0. The number of fused-ring (bicyclic) bond motifs is 2. The summed E-state index contributed by atoms with van der Waals surface area (Å²) < 4.78 is 2.64. The molecule has 3 heterocycles. The monoisotopic (exact) mass is 660 g/mol. The van der Waals surface area contributed by atoms with Crippen molar-refractivity contribution in [2.75, 3.05) is 50.1 Å². The number of halogens is 1. The van der Waals surface area contributed by atoms with Crippen molar-refractivity contribution in [3.05, 3.63) is 107 Å². The molecule has 4 nitrogen and oxygen atoms in total. The first-order chi connectivity index (χ1) is 19.2. The molecule has 0 spiro atoms. The summed E-state index contributed by atoms with van der Waals surface area (Å²) >= 11 is 0. The van der Waals surface area contributed by atoms with Gasteiger partial charge in [-0.2, -0.15) is 0 Å². The Morgan fingerprint density at radius 1 is 0.683 bits per heavy atom. The molecular formula is C36H45IN4. The van der Waals surface area contributed by atoms with E-state index in [1.807, 2.05) is 0 Å². The number of nitrogens with one attached hydrogen (secondary N) is 1. The minimum absolute atomic E-state index is 0. The van der Waals surface area contributed by atoms with Crippen molar-refractivity contribution in [2.45, 2.75) is 57.8 Å². The smallest absolute Gasteiger partial charge is 0.206 e. The minimum atomic E-state index is -0.0109. The van der Waals surface area contributed by atoms with Gasteiger partial charge in [-0.1, -0.05) is 76.2 Å². The van der Waals surface area contributed by atoms with Crippen molar-refractivity contribution < 1.29 is 28.6 Å². The molecule has 41 heavy (non-hydrogen) atoms. The van der Waals surface area contributed by atoms with E-state index >= 15 is 0 Å². The zero-order chi connectivity index (χ0) is 28.1. The van der Waals surface area contributed by atoms with Crippen LogP contribution in [0.3, 0.4) is 0 Å².